The summed E-state index contributed by atoms with van der Waals surface area (Å²) < 4.78 is 14.7. The average molecular weight is 210 g/mol. The van der Waals surface area contributed by atoms with Crippen molar-refractivity contribution in [1.29, 1.82) is 0 Å². The summed E-state index contributed by atoms with van der Waals surface area (Å²) in [6, 6.07) is 0. The number of hydrogen-bond acceptors (Lipinski definition) is 4. The molecule has 0 aliphatic heterocycles. The van der Waals surface area contributed by atoms with Crippen LogP contribution >= 0.6 is 0 Å². The largest absolute Gasteiger partial charge is 0.459 e. The summed E-state index contributed by atoms with van der Waals surface area (Å²) in [5.41, 5.74) is 0. The molecule has 0 aliphatic carbocycles. The summed E-state index contributed by atoms with van der Waals surface area (Å²) in [6.45, 7) is 3.67. The molecule has 0 heterocycles. The van der Waals surface area contributed by atoms with E-state index < -0.39 is 11.8 Å². The van der Waals surface area contributed by atoms with Gasteiger partial charge in [0.2, 0.25) is 0 Å². The Morgan fingerprint density at radius 2 is 1.93 bits per heavy atom. The van der Waals surface area contributed by atoms with Crippen molar-refractivity contribution in [3.63, 3.8) is 0 Å². The molecule has 0 unspecified atom stereocenters. The first-order valence-electron chi connectivity index (χ1n) is 4.30. The second kappa shape index (κ2) is 6.89. The highest BCUT2D eigenvalue weighted by Crippen LogP contribution is 2.09. The zero-order valence-corrected chi connectivity index (χ0v) is 9.12. The third-order valence-electron chi connectivity index (χ3n) is 1.37. The molecule has 4 nitrogen and oxygen atoms in total. The SMILES string of the molecule is C#CCOC(C)(C)OCC#CC(=O)OC. The minimum atomic E-state index is -0.808. The van der Waals surface area contributed by atoms with E-state index in [1.165, 1.54) is 7.11 Å². The van der Waals surface area contributed by atoms with E-state index in [0.29, 0.717) is 0 Å². The lowest BCUT2D eigenvalue weighted by Crippen LogP contribution is -2.28. The van der Waals surface area contributed by atoms with E-state index in [0.717, 1.165) is 0 Å². The van der Waals surface area contributed by atoms with E-state index in [9.17, 15) is 4.79 Å². The molecule has 0 aromatic rings. The maximum atomic E-state index is 10.6. The van der Waals surface area contributed by atoms with Gasteiger partial charge in [0.15, 0.2) is 5.79 Å². The van der Waals surface area contributed by atoms with Gasteiger partial charge in [0.1, 0.15) is 13.2 Å². The Kier molecular flexibility index (Phi) is 6.21. The monoisotopic (exact) mass is 210 g/mol. The van der Waals surface area contributed by atoms with Crippen molar-refractivity contribution in [2.75, 3.05) is 20.3 Å². The van der Waals surface area contributed by atoms with Crippen molar-refractivity contribution in [2.24, 2.45) is 0 Å². The lowest BCUT2D eigenvalue weighted by atomic mass is 10.4. The average Bonchev–Trinajstić information content (AvgIpc) is 2.21. The first kappa shape index (κ1) is 13.5. The summed E-state index contributed by atoms with van der Waals surface area (Å²) in [4.78, 5) is 10.6. The van der Waals surface area contributed by atoms with Crippen molar-refractivity contribution in [2.45, 2.75) is 19.6 Å². The van der Waals surface area contributed by atoms with Gasteiger partial charge in [0.25, 0.3) is 0 Å². The normalized spacial score (nSPS) is 9.73. The number of methoxy groups -OCH3 is 1. The van der Waals surface area contributed by atoms with E-state index >= 15 is 0 Å². The van der Waals surface area contributed by atoms with Crippen LogP contribution in [0.5, 0.6) is 0 Å². The summed E-state index contributed by atoms with van der Waals surface area (Å²) in [5, 5.41) is 0. The van der Waals surface area contributed by atoms with Gasteiger partial charge >= 0.3 is 5.97 Å². The number of carbonyl (C=O) groups is 1. The zero-order chi connectivity index (χ0) is 11.7. The first-order chi connectivity index (χ1) is 7.02. The van der Waals surface area contributed by atoms with Gasteiger partial charge in [-0.25, -0.2) is 4.79 Å². The quantitative estimate of drug-likeness (QED) is 0.294. The van der Waals surface area contributed by atoms with E-state index in [1.807, 2.05) is 0 Å². The van der Waals surface area contributed by atoms with E-state index in [1.54, 1.807) is 13.8 Å². The van der Waals surface area contributed by atoms with Crippen molar-refractivity contribution < 1.29 is 19.0 Å². The fourth-order valence-corrected chi connectivity index (χ4v) is 0.626. The summed E-state index contributed by atoms with van der Waals surface area (Å²) >= 11 is 0. The number of ether oxygens (including phenoxy) is 3. The van der Waals surface area contributed by atoms with Gasteiger partial charge in [-0.1, -0.05) is 11.8 Å². The van der Waals surface area contributed by atoms with E-state index in [-0.39, 0.29) is 13.2 Å². The predicted molar refractivity (Wildman–Crippen MR) is 54.6 cm³/mol. The molecule has 0 fully saturated rings. The topological polar surface area (TPSA) is 44.8 Å². The van der Waals surface area contributed by atoms with Crippen LogP contribution in [0.4, 0.5) is 0 Å². The molecule has 0 spiro atoms. The van der Waals surface area contributed by atoms with Crippen molar-refractivity contribution in [3.8, 4) is 24.2 Å². The minimum absolute atomic E-state index is 0.0761. The van der Waals surface area contributed by atoms with Gasteiger partial charge in [-0.2, -0.15) is 0 Å². The van der Waals surface area contributed by atoms with Crippen LogP contribution in [-0.2, 0) is 19.0 Å². The standard InChI is InChI=1S/C11H14O4/c1-5-8-14-11(2,3)15-9-6-7-10(12)13-4/h1H,8-9H2,2-4H3. The number of rotatable bonds is 4. The molecule has 0 aromatic carbocycles. The molecule has 0 amide bonds. The van der Waals surface area contributed by atoms with Crippen molar-refractivity contribution in [3.05, 3.63) is 0 Å². The molecule has 15 heavy (non-hydrogen) atoms. The molecular weight excluding hydrogens is 196 g/mol. The van der Waals surface area contributed by atoms with Gasteiger partial charge in [0.05, 0.1) is 7.11 Å². The van der Waals surface area contributed by atoms with Gasteiger partial charge in [-0.05, 0) is 13.8 Å². The first-order valence-corrected chi connectivity index (χ1v) is 4.30. The maximum Gasteiger partial charge on any atom is 0.384 e. The summed E-state index contributed by atoms with van der Waals surface area (Å²) in [6.07, 6.45) is 5.03. The molecule has 0 rings (SSSR count). The summed E-state index contributed by atoms with van der Waals surface area (Å²) in [7, 11) is 1.26. The molecule has 0 atom stereocenters. The van der Waals surface area contributed by atoms with Crippen LogP contribution in [0, 0.1) is 24.2 Å². The number of terminal acetylenes is 1. The van der Waals surface area contributed by atoms with Crippen LogP contribution in [0.25, 0.3) is 0 Å². The number of hydrogen-bond donors (Lipinski definition) is 0. The minimum Gasteiger partial charge on any atom is -0.459 e. The molecule has 0 radical (unpaired) electrons. The van der Waals surface area contributed by atoms with Crippen LogP contribution in [0.2, 0.25) is 0 Å². The van der Waals surface area contributed by atoms with Gasteiger partial charge in [-0.3, -0.25) is 0 Å². The Morgan fingerprint density at radius 3 is 2.47 bits per heavy atom. The lowest BCUT2D eigenvalue weighted by molar-refractivity contribution is -0.197. The Hall–Kier alpha value is -1.49. The molecule has 0 saturated carbocycles. The highest BCUT2D eigenvalue weighted by atomic mass is 16.7. The fraction of sp³-hybridized carbons (Fsp3) is 0.545. The second-order valence-corrected chi connectivity index (χ2v) is 2.97. The third-order valence-corrected chi connectivity index (χ3v) is 1.37. The highest BCUT2D eigenvalue weighted by Gasteiger charge is 2.17. The van der Waals surface area contributed by atoms with Crippen molar-refractivity contribution in [1.82, 2.24) is 0 Å². The molecular formula is C11H14O4. The van der Waals surface area contributed by atoms with E-state index in [2.05, 4.69) is 22.5 Å². The lowest BCUT2D eigenvalue weighted by Gasteiger charge is -2.23. The highest BCUT2D eigenvalue weighted by molar-refractivity contribution is 5.88. The molecule has 4 heteroatoms. The zero-order valence-electron chi connectivity index (χ0n) is 9.12. The smallest absolute Gasteiger partial charge is 0.384 e. The van der Waals surface area contributed by atoms with Crippen LogP contribution in [-0.4, -0.2) is 32.1 Å². The fourth-order valence-electron chi connectivity index (χ4n) is 0.626. The van der Waals surface area contributed by atoms with Crippen LogP contribution in [0.3, 0.4) is 0 Å². The molecule has 0 aromatic heterocycles. The Balaban J connectivity index is 3.87. The molecule has 0 N–H and O–H groups in total. The Labute approximate surface area is 89.9 Å². The Morgan fingerprint density at radius 1 is 1.33 bits per heavy atom. The third kappa shape index (κ3) is 7.57. The van der Waals surface area contributed by atoms with Crippen LogP contribution in [0.15, 0.2) is 0 Å². The molecule has 0 aliphatic rings. The van der Waals surface area contributed by atoms with Crippen LogP contribution < -0.4 is 0 Å². The predicted octanol–water partition coefficient (Wildman–Crippen LogP) is 0.565. The van der Waals surface area contributed by atoms with Gasteiger partial charge < -0.3 is 14.2 Å². The van der Waals surface area contributed by atoms with Crippen molar-refractivity contribution >= 4 is 5.97 Å². The van der Waals surface area contributed by atoms with Crippen LogP contribution in [0.1, 0.15) is 13.8 Å². The number of carbonyl (C=O) groups excluding carboxylic acids is 1. The van der Waals surface area contributed by atoms with Gasteiger partial charge in [-0.15, -0.1) is 6.42 Å². The van der Waals surface area contributed by atoms with Gasteiger partial charge in [0, 0.05) is 5.92 Å². The maximum absolute atomic E-state index is 10.6. The van der Waals surface area contributed by atoms with E-state index in [4.69, 9.17) is 15.9 Å². The number of esters is 1. The molecule has 82 valence electrons. The molecule has 0 saturated heterocycles. The molecule has 0 bridgehead atoms. The second-order valence-electron chi connectivity index (χ2n) is 2.97. The Bertz CT molecular complexity index is 301. The summed E-state index contributed by atoms with van der Waals surface area (Å²) in [5.74, 6) is 5.64.